The fraction of sp³-hybridized carbons (Fsp3) is 0.143. The second-order valence-corrected chi connectivity index (χ2v) is 5.13. The molecule has 0 bridgehead atoms. The Bertz CT molecular complexity index is 632. The van der Waals surface area contributed by atoms with Gasteiger partial charge < -0.3 is 10.4 Å². The van der Waals surface area contributed by atoms with Crippen LogP contribution in [0.4, 0.5) is 5.00 Å². The molecule has 1 aromatic heterocycles. The third kappa shape index (κ3) is 2.66. The molecule has 2 aromatic rings. The van der Waals surface area contributed by atoms with E-state index in [-0.39, 0.29) is 11.5 Å². The molecule has 19 heavy (non-hydrogen) atoms. The fourth-order valence-electron chi connectivity index (χ4n) is 1.88. The summed E-state index contributed by atoms with van der Waals surface area (Å²) >= 11 is 1.28. The number of hydrogen-bond donors (Lipinski definition) is 2. The van der Waals surface area contributed by atoms with E-state index in [4.69, 9.17) is 0 Å². The molecular weight excluding hydrogens is 262 g/mol. The van der Waals surface area contributed by atoms with Crippen LogP contribution in [-0.2, 0) is 4.79 Å². The maximum absolute atomic E-state index is 11.3. The second kappa shape index (κ2) is 5.24. The van der Waals surface area contributed by atoms with E-state index in [1.807, 2.05) is 30.3 Å². The Kier molecular flexibility index (Phi) is 3.66. The van der Waals surface area contributed by atoms with Crippen molar-refractivity contribution in [3.63, 3.8) is 0 Å². The lowest BCUT2D eigenvalue weighted by molar-refractivity contribution is -0.114. The van der Waals surface area contributed by atoms with Gasteiger partial charge in [-0.1, -0.05) is 30.3 Å². The molecule has 1 amide bonds. The zero-order valence-electron chi connectivity index (χ0n) is 10.6. The molecule has 98 valence electrons. The van der Waals surface area contributed by atoms with Crippen LogP contribution in [0.1, 0.15) is 22.8 Å². The number of benzene rings is 1. The average Bonchev–Trinajstić information content (AvgIpc) is 2.66. The van der Waals surface area contributed by atoms with Gasteiger partial charge in [-0.25, -0.2) is 4.79 Å². The number of carboxylic acid groups (broad SMARTS) is 1. The van der Waals surface area contributed by atoms with E-state index >= 15 is 0 Å². The summed E-state index contributed by atoms with van der Waals surface area (Å²) in [6.45, 7) is 3.12. The topological polar surface area (TPSA) is 66.4 Å². The van der Waals surface area contributed by atoms with Crippen molar-refractivity contribution < 1.29 is 14.7 Å². The summed E-state index contributed by atoms with van der Waals surface area (Å²) < 4.78 is 0. The fourth-order valence-corrected chi connectivity index (χ4v) is 3.13. The van der Waals surface area contributed by atoms with Gasteiger partial charge in [-0.3, -0.25) is 4.79 Å². The quantitative estimate of drug-likeness (QED) is 0.902. The Morgan fingerprint density at radius 2 is 1.84 bits per heavy atom. The number of carbonyl (C=O) groups excluding carboxylic acids is 1. The Hall–Kier alpha value is -2.14. The molecular formula is C14H13NO3S. The SMILES string of the molecule is CC(=O)Nc1sc(-c2ccccc2)c(C)c1C(=O)O. The van der Waals surface area contributed by atoms with Crippen LogP contribution in [0.25, 0.3) is 10.4 Å². The molecule has 0 saturated carbocycles. The van der Waals surface area contributed by atoms with E-state index in [0.717, 1.165) is 10.4 Å². The lowest BCUT2D eigenvalue weighted by Gasteiger charge is -2.00. The third-order valence-electron chi connectivity index (χ3n) is 2.69. The first-order valence-electron chi connectivity index (χ1n) is 5.70. The molecule has 0 atom stereocenters. The van der Waals surface area contributed by atoms with Gasteiger partial charge in [0.15, 0.2) is 0 Å². The first-order valence-corrected chi connectivity index (χ1v) is 6.52. The summed E-state index contributed by atoms with van der Waals surface area (Å²) in [4.78, 5) is 23.3. The molecule has 0 spiro atoms. The van der Waals surface area contributed by atoms with E-state index < -0.39 is 5.97 Å². The first-order chi connectivity index (χ1) is 9.00. The van der Waals surface area contributed by atoms with Crippen LogP contribution in [0.15, 0.2) is 30.3 Å². The summed E-state index contributed by atoms with van der Waals surface area (Å²) in [5.41, 5.74) is 1.79. The Morgan fingerprint density at radius 3 is 2.37 bits per heavy atom. The molecule has 4 nitrogen and oxygen atoms in total. The van der Waals surface area contributed by atoms with Gasteiger partial charge in [-0.05, 0) is 18.1 Å². The number of hydrogen-bond acceptors (Lipinski definition) is 3. The molecule has 0 aliphatic rings. The predicted octanol–water partition coefficient (Wildman–Crippen LogP) is 3.38. The van der Waals surface area contributed by atoms with Crippen molar-refractivity contribution in [3.8, 4) is 10.4 Å². The number of aromatic carboxylic acids is 1. The van der Waals surface area contributed by atoms with Crippen LogP contribution in [0.3, 0.4) is 0 Å². The molecule has 0 unspecified atom stereocenters. The summed E-state index contributed by atoms with van der Waals surface area (Å²) in [5, 5.41) is 12.2. The number of carbonyl (C=O) groups is 2. The third-order valence-corrected chi connectivity index (χ3v) is 3.94. The maximum Gasteiger partial charge on any atom is 0.339 e. The van der Waals surface area contributed by atoms with E-state index in [9.17, 15) is 14.7 Å². The van der Waals surface area contributed by atoms with E-state index in [0.29, 0.717) is 10.6 Å². The van der Waals surface area contributed by atoms with E-state index in [1.165, 1.54) is 18.3 Å². The largest absolute Gasteiger partial charge is 0.478 e. The van der Waals surface area contributed by atoms with Crippen LogP contribution >= 0.6 is 11.3 Å². The predicted molar refractivity (Wildman–Crippen MR) is 75.8 cm³/mol. The highest BCUT2D eigenvalue weighted by atomic mass is 32.1. The van der Waals surface area contributed by atoms with Gasteiger partial charge in [-0.2, -0.15) is 0 Å². The Labute approximate surface area is 114 Å². The molecule has 1 heterocycles. The van der Waals surface area contributed by atoms with Gasteiger partial charge in [0.05, 0.1) is 5.56 Å². The molecule has 0 radical (unpaired) electrons. The number of amides is 1. The highest BCUT2D eigenvalue weighted by Crippen LogP contribution is 2.39. The van der Waals surface area contributed by atoms with Crippen LogP contribution < -0.4 is 5.32 Å². The van der Waals surface area contributed by atoms with Crippen molar-refractivity contribution in [2.45, 2.75) is 13.8 Å². The normalized spacial score (nSPS) is 10.2. The van der Waals surface area contributed by atoms with Gasteiger partial charge in [0.1, 0.15) is 5.00 Å². The summed E-state index contributed by atoms with van der Waals surface area (Å²) in [6, 6.07) is 9.53. The van der Waals surface area contributed by atoms with Gasteiger partial charge in [-0.15, -0.1) is 11.3 Å². The summed E-state index contributed by atoms with van der Waals surface area (Å²) in [5.74, 6) is -1.30. The number of thiophene rings is 1. The first kappa shape index (κ1) is 13.3. The summed E-state index contributed by atoms with van der Waals surface area (Å²) in [6.07, 6.45) is 0. The minimum absolute atomic E-state index is 0.166. The minimum Gasteiger partial charge on any atom is -0.478 e. The molecule has 0 aliphatic carbocycles. The van der Waals surface area contributed by atoms with Crippen molar-refractivity contribution in [1.82, 2.24) is 0 Å². The number of rotatable bonds is 3. The number of anilines is 1. The van der Waals surface area contributed by atoms with E-state index in [1.54, 1.807) is 6.92 Å². The Morgan fingerprint density at radius 1 is 1.21 bits per heavy atom. The summed E-state index contributed by atoms with van der Waals surface area (Å²) in [7, 11) is 0. The van der Waals surface area contributed by atoms with Crippen LogP contribution in [0.2, 0.25) is 0 Å². The highest BCUT2D eigenvalue weighted by molar-refractivity contribution is 7.20. The van der Waals surface area contributed by atoms with Crippen LogP contribution in [0.5, 0.6) is 0 Å². The lowest BCUT2D eigenvalue weighted by atomic mass is 10.1. The lowest BCUT2D eigenvalue weighted by Crippen LogP contribution is -2.08. The van der Waals surface area contributed by atoms with Crippen molar-refractivity contribution in [2.75, 3.05) is 5.32 Å². The standard InChI is InChI=1S/C14H13NO3S/c1-8-11(14(17)18)13(15-9(2)16)19-12(8)10-6-4-3-5-7-10/h3-7H,1-2H3,(H,15,16)(H,17,18). The zero-order chi connectivity index (χ0) is 14.0. The second-order valence-electron chi connectivity index (χ2n) is 4.11. The minimum atomic E-state index is -1.03. The van der Waals surface area contributed by atoms with Crippen LogP contribution in [0, 0.1) is 6.92 Å². The monoisotopic (exact) mass is 275 g/mol. The van der Waals surface area contributed by atoms with Gasteiger partial charge >= 0.3 is 5.97 Å². The van der Waals surface area contributed by atoms with Gasteiger partial charge in [0.25, 0.3) is 0 Å². The highest BCUT2D eigenvalue weighted by Gasteiger charge is 2.21. The molecule has 5 heteroatoms. The molecule has 1 aromatic carbocycles. The van der Waals surface area contributed by atoms with E-state index in [2.05, 4.69) is 5.32 Å². The van der Waals surface area contributed by atoms with Crippen molar-refractivity contribution >= 4 is 28.2 Å². The van der Waals surface area contributed by atoms with Gasteiger partial charge in [0.2, 0.25) is 5.91 Å². The average molecular weight is 275 g/mol. The number of nitrogens with one attached hydrogen (secondary N) is 1. The molecule has 0 aliphatic heterocycles. The molecule has 0 saturated heterocycles. The van der Waals surface area contributed by atoms with Crippen molar-refractivity contribution in [2.24, 2.45) is 0 Å². The van der Waals surface area contributed by atoms with Crippen molar-refractivity contribution in [1.29, 1.82) is 0 Å². The zero-order valence-corrected chi connectivity index (χ0v) is 11.4. The molecule has 0 fully saturated rings. The number of carboxylic acids is 1. The van der Waals surface area contributed by atoms with Crippen molar-refractivity contribution in [3.05, 3.63) is 41.5 Å². The Balaban J connectivity index is 2.58. The van der Waals surface area contributed by atoms with Crippen LogP contribution in [-0.4, -0.2) is 17.0 Å². The molecule has 2 rings (SSSR count). The molecule has 2 N–H and O–H groups in total. The smallest absolute Gasteiger partial charge is 0.339 e. The van der Waals surface area contributed by atoms with Gasteiger partial charge in [0, 0.05) is 11.8 Å². The maximum atomic E-state index is 11.3.